The smallest absolute Gasteiger partial charge is 0.256 e. The molecule has 1 aliphatic carbocycles. The van der Waals surface area contributed by atoms with E-state index in [0.29, 0.717) is 36.2 Å². The summed E-state index contributed by atoms with van der Waals surface area (Å²) in [4.78, 5) is 45.2. The second kappa shape index (κ2) is 10.8. The summed E-state index contributed by atoms with van der Waals surface area (Å²) in [5.41, 5.74) is 1.24. The molecule has 1 unspecified atom stereocenters. The Labute approximate surface area is 211 Å². The molecular formula is C26H36N4O6. The maximum Gasteiger partial charge on any atom is 0.256 e. The van der Waals surface area contributed by atoms with E-state index >= 15 is 0 Å². The van der Waals surface area contributed by atoms with Crippen molar-refractivity contribution in [2.45, 2.75) is 82.5 Å². The van der Waals surface area contributed by atoms with Crippen LogP contribution in [0.25, 0.3) is 0 Å². The van der Waals surface area contributed by atoms with Gasteiger partial charge in [-0.25, -0.2) is 4.98 Å². The summed E-state index contributed by atoms with van der Waals surface area (Å²) < 4.78 is 17.3. The van der Waals surface area contributed by atoms with Gasteiger partial charge in [0.1, 0.15) is 11.9 Å². The lowest BCUT2D eigenvalue weighted by molar-refractivity contribution is -0.153. The first-order valence-electron chi connectivity index (χ1n) is 13.1. The number of pyridine rings is 1. The van der Waals surface area contributed by atoms with Crippen LogP contribution >= 0.6 is 0 Å². The zero-order chi connectivity index (χ0) is 25.2. The largest absolute Gasteiger partial charge is 0.375 e. The minimum Gasteiger partial charge on any atom is -0.375 e. The summed E-state index contributed by atoms with van der Waals surface area (Å²) >= 11 is 0. The molecule has 196 valence electrons. The molecule has 36 heavy (non-hydrogen) atoms. The Balaban J connectivity index is 1.12. The number of hydrogen-bond acceptors (Lipinski definition) is 8. The highest BCUT2D eigenvalue weighted by molar-refractivity contribution is 6.05. The van der Waals surface area contributed by atoms with Gasteiger partial charge in [0.15, 0.2) is 6.29 Å². The van der Waals surface area contributed by atoms with Crippen molar-refractivity contribution in [3.63, 3.8) is 0 Å². The van der Waals surface area contributed by atoms with Crippen LogP contribution in [-0.2, 0) is 30.3 Å². The van der Waals surface area contributed by atoms with Gasteiger partial charge in [0, 0.05) is 39.6 Å². The van der Waals surface area contributed by atoms with Gasteiger partial charge in [0.05, 0.1) is 30.0 Å². The third-order valence-electron chi connectivity index (χ3n) is 8.08. The molecular weight excluding hydrogens is 464 g/mol. The molecule has 1 saturated carbocycles. The number of nitrogens with one attached hydrogen (secondary N) is 1. The Bertz CT molecular complexity index is 983. The summed E-state index contributed by atoms with van der Waals surface area (Å²) in [5, 5.41) is 2.34. The van der Waals surface area contributed by atoms with Gasteiger partial charge in [-0.1, -0.05) is 0 Å². The monoisotopic (exact) mass is 500 g/mol. The fourth-order valence-corrected chi connectivity index (χ4v) is 6.07. The number of imide groups is 1. The molecule has 10 nitrogen and oxygen atoms in total. The van der Waals surface area contributed by atoms with Crippen molar-refractivity contribution in [3.05, 3.63) is 23.4 Å². The number of aromatic nitrogens is 1. The Hall–Kier alpha value is -2.56. The Morgan fingerprint density at radius 2 is 1.64 bits per heavy atom. The zero-order valence-corrected chi connectivity index (χ0v) is 21.1. The van der Waals surface area contributed by atoms with E-state index in [1.807, 2.05) is 12.1 Å². The maximum absolute atomic E-state index is 12.9. The number of carbonyl (C=O) groups excluding carboxylic acids is 3. The lowest BCUT2D eigenvalue weighted by atomic mass is 9.86. The first kappa shape index (κ1) is 25.1. The Morgan fingerprint density at radius 3 is 2.31 bits per heavy atom. The van der Waals surface area contributed by atoms with Crippen molar-refractivity contribution < 1.29 is 28.6 Å². The first-order chi connectivity index (χ1) is 17.5. The van der Waals surface area contributed by atoms with Crippen LogP contribution in [0.5, 0.6) is 0 Å². The van der Waals surface area contributed by atoms with Gasteiger partial charge in [-0.15, -0.1) is 0 Å². The van der Waals surface area contributed by atoms with Crippen LogP contribution in [-0.4, -0.2) is 79.5 Å². The number of nitrogens with zero attached hydrogens (tertiary/aromatic N) is 3. The van der Waals surface area contributed by atoms with Crippen molar-refractivity contribution >= 4 is 23.5 Å². The number of fused-ring (bicyclic) bond motifs is 1. The van der Waals surface area contributed by atoms with Gasteiger partial charge in [0.25, 0.3) is 5.91 Å². The minimum absolute atomic E-state index is 0.125. The molecule has 10 heteroatoms. The molecule has 0 bridgehead atoms. The molecule has 5 rings (SSSR count). The fourth-order valence-electron chi connectivity index (χ4n) is 6.07. The summed E-state index contributed by atoms with van der Waals surface area (Å²) in [5.74, 6) is 0.413. The standard InChI is InChI=1S/C26H36N4O6/c1-34-26(35-2)16-3-5-17(6-4-16)36-18-11-13-29(14-12-18)22-9-7-19-20(27-22)15-30(25(19)33)21-8-10-23(31)28-24(21)32/h7,9,16-18,21,26H,3-6,8,10-15H2,1-2H3,(H,28,31,32). The molecule has 2 saturated heterocycles. The molecule has 3 fully saturated rings. The van der Waals surface area contributed by atoms with Crippen molar-refractivity contribution in [2.75, 3.05) is 32.2 Å². The predicted molar refractivity (Wildman–Crippen MR) is 130 cm³/mol. The van der Waals surface area contributed by atoms with E-state index in [1.165, 1.54) is 0 Å². The second-order valence-corrected chi connectivity index (χ2v) is 10.3. The molecule has 3 aliphatic heterocycles. The van der Waals surface area contributed by atoms with Crippen LogP contribution in [0.3, 0.4) is 0 Å². The lowest BCUT2D eigenvalue weighted by Crippen LogP contribution is -2.52. The molecule has 1 N–H and O–H groups in total. The third kappa shape index (κ3) is 5.12. The van der Waals surface area contributed by atoms with Gasteiger partial charge in [0.2, 0.25) is 11.8 Å². The van der Waals surface area contributed by atoms with Gasteiger partial charge in [-0.2, -0.15) is 0 Å². The van der Waals surface area contributed by atoms with E-state index in [9.17, 15) is 14.4 Å². The van der Waals surface area contributed by atoms with E-state index in [-0.39, 0.29) is 30.6 Å². The van der Waals surface area contributed by atoms with E-state index in [2.05, 4.69) is 10.2 Å². The number of carbonyl (C=O) groups is 3. The maximum atomic E-state index is 12.9. The molecule has 1 aromatic heterocycles. The number of ether oxygens (including phenoxy) is 3. The van der Waals surface area contributed by atoms with Crippen LogP contribution in [0.4, 0.5) is 5.82 Å². The van der Waals surface area contributed by atoms with Crippen LogP contribution in [0.2, 0.25) is 0 Å². The minimum atomic E-state index is -0.620. The molecule has 4 heterocycles. The Kier molecular flexibility index (Phi) is 7.55. The molecule has 3 amide bonds. The van der Waals surface area contributed by atoms with E-state index < -0.39 is 11.9 Å². The summed E-state index contributed by atoms with van der Waals surface area (Å²) in [6, 6.07) is 3.10. The molecule has 0 spiro atoms. The van der Waals surface area contributed by atoms with Crippen LogP contribution in [0, 0.1) is 5.92 Å². The zero-order valence-electron chi connectivity index (χ0n) is 21.1. The van der Waals surface area contributed by atoms with Gasteiger partial charge in [-0.3, -0.25) is 19.7 Å². The quantitative estimate of drug-likeness (QED) is 0.447. The molecule has 1 atom stereocenters. The summed E-state index contributed by atoms with van der Waals surface area (Å²) in [6.45, 7) is 2.00. The molecule has 0 aromatic carbocycles. The molecule has 1 aromatic rings. The predicted octanol–water partition coefficient (Wildman–Crippen LogP) is 2.01. The average Bonchev–Trinajstić information content (AvgIpc) is 3.21. The average molecular weight is 501 g/mol. The van der Waals surface area contributed by atoms with E-state index in [1.54, 1.807) is 19.1 Å². The lowest BCUT2D eigenvalue weighted by Gasteiger charge is -2.37. The highest BCUT2D eigenvalue weighted by Crippen LogP contribution is 2.33. The summed E-state index contributed by atoms with van der Waals surface area (Å²) in [6.07, 6.45) is 7.11. The highest BCUT2D eigenvalue weighted by atomic mass is 16.7. The van der Waals surface area contributed by atoms with Crippen LogP contribution in [0.15, 0.2) is 12.1 Å². The SMILES string of the molecule is COC(OC)C1CCC(OC2CCN(c3ccc4c(n3)CN(C3CCC(=O)NC3=O)C4=O)CC2)CC1. The normalized spacial score (nSPS) is 27.5. The van der Waals surface area contributed by atoms with Gasteiger partial charge in [-0.05, 0) is 57.1 Å². The number of anilines is 1. The second-order valence-electron chi connectivity index (χ2n) is 10.3. The molecule has 0 radical (unpaired) electrons. The van der Waals surface area contributed by atoms with Gasteiger partial charge >= 0.3 is 0 Å². The van der Waals surface area contributed by atoms with E-state index in [4.69, 9.17) is 19.2 Å². The van der Waals surface area contributed by atoms with Crippen molar-refractivity contribution in [3.8, 4) is 0 Å². The number of rotatable bonds is 7. The summed E-state index contributed by atoms with van der Waals surface area (Å²) in [7, 11) is 3.40. The van der Waals surface area contributed by atoms with Gasteiger partial charge < -0.3 is 24.0 Å². The number of amides is 3. The fraction of sp³-hybridized carbons (Fsp3) is 0.692. The number of methoxy groups -OCH3 is 2. The van der Waals surface area contributed by atoms with Crippen molar-refractivity contribution in [2.24, 2.45) is 5.92 Å². The van der Waals surface area contributed by atoms with Crippen LogP contribution < -0.4 is 10.2 Å². The number of piperidine rings is 2. The van der Waals surface area contributed by atoms with Crippen molar-refractivity contribution in [1.82, 2.24) is 15.2 Å². The van der Waals surface area contributed by atoms with E-state index in [0.717, 1.165) is 57.4 Å². The first-order valence-corrected chi connectivity index (χ1v) is 13.1. The Morgan fingerprint density at radius 1 is 0.944 bits per heavy atom. The van der Waals surface area contributed by atoms with Crippen molar-refractivity contribution in [1.29, 1.82) is 0 Å². The highest BCUT2D eigenvalue weighted by Gasteiger charge is 2.40. The molecule has 4 aliphatic rings. The third-order valence-corrected chi connectivity index (χ3v) is 8.08. The number of hydrogen-bond donors (Lipinski definition) is 1. The topological polar surface area (TPSA) is 110 Å². The van der Waals surface area contributed by atoms with Crippen LogP contribution in [0.1, 0.15) is 67.4 Å².